The molecule has 2 N–H and O–H groups in total. The number of rotatable bonds is 2. The number of benzene rings is 1. The van der Waals surface area contributed by atoms with Gasteiger partial charge in [-0.05, 0) is 40.3 Å². The molecule has 0 heterocycles. The lowest BCUT2D eigenvalue weighted by Crippen LogP contribution is -1.95. The lowest BCUT2D eigenvalue weighted by Gasteiger charge is -2.04. The number of ether oxygens (including phenoxy) is 1. The van der Waals surface area contributed by atoms with Gasteiger partial charge in [-0.2, -0.15) is 5.10 Å². The molecule has 0 aliphatic carbocycles. The first-order chi connectivity index (χ1) is 6.19. The molecule has 0 aliphatic rings. The van der Waals surface area contributed by atoms with Crippen molar-refractivity contribution in [1.82, 2.24) is 0 Å². The van der Waals surface area contributed by atoms with Crippen LogP contribution in [0.1, 0.15) is 5.56 Å². The van der Waals surface area contributed by atoms with E-state index in [-0.39, 0.29) is 5.75 Å². The number of hydrogen-bond donors (Lipinski definition) is 1. The molecule has 0 bridgehead atoms. The second kappa shape index (κ2) is 4.40. The van der Waals surface area contributed by atoms with Gasteiger partial charge in [0.15, 0.2) is 11.6 Å². The highest BCUT2D eigenvalue weighted by molar-refractivity contribution is 14.1. The predicted molar refractivity (Wildman–Crippen MR) is 57.5 cm³/mol. The summed E-state index contributed by atoms with van der Waals surface area (Å²) < 4.78 is 18.7. The van der Waals surface area contributed by atoms with Crippen LogP contribution in [0.15, 0.2) is 17.2 Å². The summed E-state index contributed by atoms with van der Waals surface area (Å²) in [5, 5.41) is 3.31. The zero-order valence-electron chi connectivity index (χ0n) is 6.92. The number of hydrazone groups is 1. The SMILES string of the molecule is COc1c(F)cc(C=NN)cc1I. The van der Waals surface area contributed by atoms with Gasteiger partial charge in [-0.3, -0.25) is 0 Å². The van der Waals surface area contributed by atoms with E-state index in [0.29, 0.717) is 9.13 Å². The molecule has 3 nitrogen and oxygen atoms in total. The number of halogens is 2. The van der Waals surface area contributed by atoms with Crippen molar-refractivity contribution in [3.8, 4) is 5.75 Å². The maximum absolute atomic E-state index is 13.2. The van der Waals surface area contributed by atoms with Gasteiger partial charge in [-0.1, -0.05) is 0 Å². The Hall–Kier alpha value is -0.850. The highest BCUT2D eigenvalue weighted by Crippen LogP contribution is 2.25. The normalized spacial score (nSPS) is 10.7. The largest absolute Gasteiger partial charge is 0.493 e. The Kier molecular flexibility index (Phi) is 3.47. The molecule has 5 heteroatoms. The fraction of sp³-hybridized carbons (Fsp3) is 0.125. The Labute approximate surface area is 88.9 Å². The van der Waals surface area contributed by atoms with E-state index in [2.05, 4.69) is 5.10 Å². The zero-order valence-corrected chi connectivity index (χ0v) is 9.08. The van der Waals surface area contributed by atoms with Crippen LogP contribution >= 0.6 is 22.6 Å². The van der Waals surface area contributed by atoms with Gasteiger partial charge in [0, 0.05) is 0 Å². The predicted octanol–water partition coefficient (Wildman–Crippen LogP) is 1.73. The Bertz CT molecular complexity index is 318. The highest BCUT2D eigenvalue weighted by atomic mass is 127. The Balaban J connectivity index is 3.20. The topological polar surface area (TPSA) is 47.6 Å². The lowest BCUT2D eigenvalue weighted by atomic mass is 10.2. The molecule has 0 radical (unpaired) electrons. The summed E-state index contributed by atoms with van der Waals surface area (Å²) >= 11 is 1.98. The van der Waals surface area contributed by atoms with Crippen LogP contribution in [-0.2, 0) is 0 Å². The third kappa shape index (κ3) is 2.30. The average Bonchev–Trinajstić information content (AvgIpc) is 2.04. The minimum Gasteiger partial charge on any atom is -0.493 e. The van der Waals surface area contributed by atoms with Crippen LogP contribution in [0, 0.1) is 9.39 Å². The first-order valence-electron chi connectivity index (χ1n) is 3.45. The van der Waals surface area contributed by atoms with Crippen molar-refractivity contribution in [3.63, 3.8) is 0 Å². The van der Waals surface area contributed by atoms with E-state index in [1.54, 1.807) is 6.07 Å². The van der Waals surface area contributed by atoms with Gasteiger partial charge in [0.2, 0.25) is 0 Å². The Morgan fingerprint density at radius 1 is 1.62 bits per heavy atom. The van der Waals surface area contributed by atoms with Gasteiger partial charge in [0.05, 0.1) is 16.9 Å². The molecular weight excluding hydrogens is 286 g/mol. The summed E-state index contributed by atoms with van der Waals surface area (Å²) in [7, 11) is 1.43. The molecule has 0 fully saturated rings. The van der Waals surface area contributed by atoms with Crippen LogP contribution in [-0.4, -0.2) is 13.3 Å². The minimum absolute atomic E-state index is 0.245. The molecule has 1 aromatic carbocycles. The smallest absolute Gasteiger partial charge is 0.167 e. The lowest BCUT2D eigenvalue weighted by molar-refractivity contribution is 0.383. The molecule has 0 amide bonds. The summed E-state index contributed by atoms with van der Waals surface area (Å²) in [6.07, 6.45) is 1.38. The monoisotopic (exact) mass is 294 g/mol. The number of methoxy groups -OCH3 is 1. The molecule has 0 spiro atoms. The van der Waals surface area contributed by atoms with Crippen LogP contribution in [0.3, 0.4) is 0 Å². The van der Waals surface area contributed by atoms with E-state index in [0.717, 1.165) is 0 Å². The van der Waals surface area contributed by atoms with Crippen molar-refractivity contribution < 1.29 is 9.13 Å². The van der Waals surface area contributed by atoms with E-state index in [4.69, 9.17) is 10.6 Å². The summed E-state index contributed by atoms with van der Waals surface area (Å²) in [6, 6.07) is 3.05. The standard InChI is InChI=1S/C8H8FIN2O/c1-13-8-6(9)2-5(4-12-11)3-7(8)10/h2-4H,11H2,1H3. The third-order valence-corrected chi connectivity index (χ3v) is 2.25. The minimum atomic E-state index is -0.413. The van der Waals surface area contributed by atoms with Gasteiger partial charge in [-0.25, -0.2) is 4.39 Å². The second-order valence-corrected chi connectivity index (χ2v) is 3.46. The number of nitrogens with zero attached hydrogens (tertiary/aromatic N) is 1. The first-order valence-corrected chi connectivity index (χ1v) is 4.53. The molecule has 0 unspecified atom stereocenters. The van der Waals surface area contributed by atoms with Gasteiger partial charge >= 0.3 is 0 Å². The molecule has 0 saturated carbocycles. The summed E-state index contributed by atoms with van der Waals surface area (Å²) in [6.45, 7) is 0. The van der Waals surface area contributed by atoms with E-state index in [9.17, 15) is 4.39 Å². The van der Waals surface area contributed by atoms with Gasteiger partial charge < -0.3 is 10.6 Å². The molecule has 13 heavy (non-hydrogen) atoms. The molecule has 0 aliphatic heterocycles. The van der Waals surface area contributed by atoms with Crippen LogP contribution < -0.4 is 10.6 Å². The fourth-order valence-corrected chi connectivity index (χ4v) is 1.77. The quantitative estimate of drug-likeness (QED) is 0.391. The molecule has 1 rings (SSSR count). The van der Waals surface area contributed by atoms with Gasteiger partial charge in [0.1, 0.15) is 0 Å². The molecule has 0 saturated heterocycles. The molecule has 1 aromatic rings. The van der Waals surface area contributed by atoms with Crippen LogP contribution in [0.2, 0.25) is 0 Å². The fourth-order valence-electron chi connectivity index (χ4n) is 0.935. The van der Waals surface area contributed by atoms with Crippen molar-refractivity contribution in [1.29, 1.82) is 0 Å². The maximum Gasteiger partial charge on any atom is 0.167 e. The summed E-state index contributed by atoms with van der Waals surface area (Å²) in [4.78, 5) is 0. The molecule has 70 valence electrons. The highest BCUT2D eigenvalue weighted by Gasteiger charge is 2.08. The van der Waals surface area contributed by atoms with Crippen molar-refractivity contribution in [2.45, 2.75) is 0 Å². The van der Waals surface area contributed by atoms with Crippen LogP contribution in [0.25, 0.3) is 0 Å². The molecule has 0 atom stereocenters. The summed E-state index contributed by atoms with van der Waals surface area (Å²) in [5.41, 5.74) is 0.616. The van der Waals surface area contributed by atoms with Crippen molar-refractivity contribution in [2.75, 3.05) is 7.11 Å². The first kappa shape index (κ1) is 10.2. The Morgan fingerprint density at radius 2 is 2.31 bits per heavy atom. The maximum atomic E-state index is 13.2. The van der Waals surface area contributed by atoms with Crippen LogP contribution in [0.5, 0.6) is 5.75 Å². The molecule has 0 aromatic heterocycles. The van der Waals surface area contributed by atoms with E-state index < -0.39 is 5.82 Å². The third-order valence-electron chi connectivity index (χ3n) is 1.45. The van der Waals surface area contributed by atoms with Gasteiger partial charge in [-0.15, -0.1) is 0 Å². The van der Waals surface area contributed by atoms with E-state index in [1.807, 2.05) is 22.6 Å². The van der Waals surface area contributed by atoms with E-state index in [1.165, 1.54) is 19.4 Å². The van der Waals surface area contributed by atoms with Crippen molar-refractivity contribution >= 4 is 28.8 Å². The molecular formula is C8H8FIN2O. The van der Waals surface area contributed by atoms with Crippen LogP contribution in [0.4, 0.5) is 4.39 Å². The van der Waals surface area contributed by atoms with Crippen molar-refractivity contribution in [3.05, 3.63) is 27.1 Å². The second-order valence-electron chi connectivity index (χ2n) is 2.30. The average molecular weight is 294 g/mol. The number of hydrogen-bond acceptors (Lipinski definition) is 3. The summed E-state index contributed by atoms with van der Waals surface area (Å²) in [5.74, 6) is 4.78. The number of nitrogens with two attached hydrogens (primary N) is 1. The van der Waals surface area contributed by atoms with Gasteiger partial charge in [0.25, 0.3) is 0 Å². The zero-order chi connectivity index (χ0) is 9.84. The van der Waals surface area contributed by atoms with Crippen molar-refractivity contribution in [2.24, 2.45) is 10.9 Å². The van der Waals surface area contributed by atoms with E-state index >= 15 is 0 Å². The Morgan fingerprint density at radius 3 is 2.77 bits per heavy atom.